The summed E-state index contributed by atoms with van der Waals surface area (Å²) in [7, 11) is 0. The number of ketones is 1. The van der Waals surface area contributed by atoms with E-state index in [1.807, 2.05) is 24.3 Å². The van der Waals surface area contributed by atoms with Crippen LogP contribution >= 0.6 is 23.2 Å². The van der Waals surface area contributed by atoms with Gasteiger partial charge in [0, 0.05) is 15.6 Å². The van der Waals surface area contributed by atoms with Crippen LogP contribution in [-0.2, 0) is 0 Å². The van der Waals surface area contributed by atoms with E-state index >= 15 is 0 Å². The van der Waals surface area contributed by atoms with Gasteiger partial charge in [0.15, 0.2) is 5.78 Å². The van der Waals surface area contributed by atoms with E-state index in [0.717, 1.165) is 11.1 Å². The van der Waals surface area contributed by atoms with Crippen LogP contribution in [0.2, 0.25) is 10.0 Å². The third-order valence-corrected chi connectivity index (χ3v) is 3.02. The van der Waals surface area contributed by atoms with E-state index in [0.29, 0.717) is 15.6 Å². The molecule has 2 N–H and O–H groups in total. The fraction of sp³-hybridized carbons (Fsp3) is 0.0714. The minimum atomic E-state index is -0.0781. The number of halogens is 2. The van der Waals surface area contributed by atoms with E-state index in [2.05, 4.69) is 0 Å². The van der Waals surface area contributed by atoms with Gasteiger partial charge in [0.25, 0.3) is 0 Å². The van der Waals surface area contributed by atoms with Gasteiger partial charge >= 0.3 is 0 Å². The van der Waals surface area contributed by atoms with Crippen LogP contribution in [0.25, 0.3) is 11.1 Å². The summed E-state index contributed by atoms with van der Waals surface area (Å²) in [6.45, 7) is 0.0162. The number of carbonyl (C=O) groups excluding carboxylic acids is 1. The Balaban J connectivity index is 2.37. The SMILES string of the molecule is NCC(=O)c1ccc(-c2cc(Cl)cc(Cl)c2)cc1. The maximum atomic E-state index is 11.4. The van der Waals surface area contributed by atoms with Crippen LogP contribution in [-0.4, -0.2) is 12.3 Å². The highest BCUT2D eigenvalue weighted by atomic mass is 35.5. The van der Waals surface area contributed by atoms with Gasteiger partial charge in [0.2, 0.25) is 0 Å². The lowest BCUT2D eigenvalue weighted by Crippen LogP contribution is -2.13. The molecule has 2 nitrogen and oxygen atoms in total. The summed E-state index contributed by atoms with van der Waals surface area (Å²) in [5.74, 6) is -0.0781. The highest BCUT2D eigenvalue weighted by molar-refractivity contribution is 6.35. The quantitative estimate of drug-likeness (QED) is 0.869. The Morgan fingerprint density at radius 2 is 1.50 bits per heavy atom. The van der Waals surface area contributed by atoms with Gasteiger partial charge < -0.3 is 5.73 Å². The molecule has 18 heavy (non-hydrogen) atoms. The molecule has 0 bridgehead atoms. The number of hydrogen-bond donors (Lipinski definition) is 1. The number of benzene rings is 2. The second kappa shape index (κ2) is 5.53. The average molecular weight is 280 g/mol. The summed E-state index contributed by atoms with van der Waals surface area (Å²) < 4.78 is 0. The first-order valence-electron chi connectivity index (χ1n) is 5.40. The largest absolute Gasteiger partial charge is 0.324 e. The van der Waals surface area contributed by atoms with Crippen LogP contribution in [0.15, 0.2) is 42.5 Å². The van der Waals surface area contributed by atoms with Crippen molar-refractivity contribution in [2.24, 2.45) is 5.73 Å². The summed E-state index contributed by atoms with van der Waals surface area (Å²) in [6.07, 6.45) is 0. The molecule has 0 saturated heterocycles. The summed E-state index contributed by atoms with van der Waals surface area (Å²) >= 11 is 11.9. The first kappa shape index (κ1) is 13.1. The van der Waals surface area contributed by atoms with Crippen molar-refractivity contribution in [1.82, 2.24) is 0 Å². The normalized spacial score (nSPS) is 10.4. The molecular formula is C14H11Cl2NO. The monoisotopic (exact) mass is 279 g/mol. The molecule has 2 aromatic rings. The molecule has 0 aromatic heterocycles. The fourth-order valence-corrected chi connectivity index (χ4v) is 2.21. The van der Waals surface area contributed by atoms with Crippen molar-refractivity contribution in [2.75, 3.05) is 6.54 Å². The Morgan fingerprint density at radius 1 is 0.944 bits per heavy atom. The van der Waals surface area contributed by atoms with Gasteiger partial charge in [-0.3, -0.25) is 4.79 Å². The Hall–Kier alpha value is -1.35. The number of nitrogens with two attached hydrogens (primary N) is 1. The summed E-state index contributed by atoms with van der Waals surface area (Å²) in [6, 6.07) is 12.5. The molecule has 0 fully saturated rings. The summed E-state index contributed by atoms with van der Waals surface area (Å²) in [5, 5.41) is 1.17. The molecular weight excluding hydrogens is 269 g/mol. The maximum Gasteiger partial charge on any atom is 0.176 e. The molecule has 0 heterocycles. The minimum absolute atomic E-state index is 0.0162. The molecule has 0 amide bonds. The maximum absolute atomic E-state index is 11.4. The molecule has 0 atom stereocenters. The molecule has 2 rings (SSSR count). The van der Waals surface area contributed by atoms with Gasteiger partial charge in [-0.25, -0.2) is 0 Å². The zero-order chi connectivity index (χ0) is 13.1. The van der Waals surface area contributed by atoms with E-state index in [9.17, 15) is 4.79 Å². The van der Waals surface area contributed by atoms with Crippen molar-refractivity contribution in [1.29, 1.82) is 0 Å². The van der Waals surface area contributed by atoms with Crippen molar-refractivity contribution in [3.63, 3.8) is 0 Å². The van der Waals surface area contributed by atoms with Crippen LogP contribution in [0.5, 0.6) is 0 Å². The topological polar surface area (TPSA) is 43.1 Å². The summed E-state index contributed by atoms with van der Waals surface area (Å²) in [4.78, 5) is 11.4. The number of Topliss-reactive ketones (excluding diaryl/α,β-unsaturated/α-hetero) is 1. The minimum Gasteiger partial charge on any atom is -0.324 e. The molecule has 2 aromatic carbocycles. The molecule has 4 heteroatoms. The predicted molar refractivity (Wildman–Crippen MR) is 75.3 cm³/mol. The molecule has 0 radical (unpaired) electrons. The number of carbonyl (C=O) groups is 1. The zero-order valence-corrected chi connectivity index (χ0v) is 11.0. The first-order valence-corrected chi connectivity index (χ1v) is 6.15. The molecule has 0 saturated carbocycles. The zero-order valence-electron chi connectivity index (χ0n) is 9.49. The highest BCUT2D eigenvalue weighted by Gasteiger charge is 2.05. The number of rotatable bonds is 3. The van der Waals surface area contributed by atoms with Crippen LogP contribution in [0.1, 0.15) is 10.4 Å². The second-order valence-electron chi connectivity index (χ2n) is 3.86. The molecule has 0 spiro atoms. The average Bonchev–Trinajstić information content (AvgIpc) is 2.37. The van der Waals surface area contributed by atoms with Gasteiger partial charge in [-0.05, 0) is 29.3 Å². The molecule has 0 aliphatic carbocycles. The van der Waals surface area contributed by atoms with Gasteiger partial charge in [-0.2, -0.15) is 0 Å². The van der Waals surface area contributed by atoms with Crippen molar-refractivity contribution in [3.05, 3.63) is 58.1 Å². The third kappa shape index (κ3) is 2.91. The smallest absolute Gasteiger partial charge is 0.176 e. The fourth-order valence-electron chi connectivity index (χ4n) is 1.69. The lowest BCUT2D eigenvalue weighted by Gasteiger charge is -2.05. The van der Waals surface area contributed by atoms with Crippen molar-refractivity contribution in [2.45, 2.75) is 0 Å². The predicted octanol–water partition coefficient (Wildman–Crippen LogP) is 3.80. The van der Waals surface area contributed by atoms with Crippen molar-refractivity contribution in [3.8, 4) is 11.1 Å². The Morgan fingerprint density at radius 3 is 2.00 bits per heavy atom. The third-order valence-electron chi connectivity index (χ3n) is 2.59. The van der Waals surface area contributed by atoms with E-state index in [4.69, 9.17) is 28.9 Å². The lowest BCUT2D eigenvalue weighted by molar-refractivity contribution is 0.100. The Bertz CT molecular complexity index is 559. The lowest BCUT2D eigenvalue weighted by atomic mass is 10.0. The van der Waals surface area contributed by atoms with Crippen LogP contribution in [0.4, 0.5) is 0 Å². The molecule has 0 unspecified atom stereocenters. The van der Waals surface area contributed by atoms with Crippen LogP contribution < -0.4 is 5.73 Å². The second-order valence-corrected chi connectivity index (χ2v) is 4.74. The summed E-state index contributed by atoms with van der Waals surface area (Å²) in [5.41, 5.74) is 7.78. The van der Waals surface area contributed by atoms with Crippen LogP contribution in [0, 0.1) is 0 Å². The molecule has 92 valence electrons. The van der Waals surface area contributed by atoms with Gasteiger partial charge in [-0.1, -0.05) is 47.5 Å². The Labute approximate surface area is 115 Å². The van der Waals surface area contributed by atoms with Gasteiger partial charge in [0.05, 0.1) is 6.54 Å². The van der Waals surface area contributed by atoms with E-state index in [1.165, 1.54) is 0 Å². The number of hydrogen-bond acceptors (Lipinski definition) is 2. The van der Waals surface area contributed by atoms with Gasteiger partial charge in [-0.15, -0.1) is 0 Å². The molecule has 0 aliphatic rings. The van der Waals surface area contributed by atoms with Crippen LogP contribution in [0.3, 0.4) is 0 Å². The standard InChI is InChI=1S/C14H11Cl2NO/c15-12-5-11(6-13(16)7-12)9-1-3-10(4-2-9)14(18)8-17/h1-7H,8,17H2. The van der Waals surface area contributed by atoms with E-state index < -0.39 is 0 Å². The van der Waals surface area contributed by atoms with Gasteiger partial charge in [0.1, 0.15) is 0 Å². The molecule has 0 aliphatic heterocycles. The Kier molecular flexibility index (Phi) is 4.02. The first-order chi connectivity index (χ1) is 8.60. The van der Waals surface area contributed by atoms with Crippen molar-refractivity contribution < 1.29 is 4.79 Å². The van der Waals surface area contributed by atoms with E-state index in [1.54, 1.807) is 18.2 Å². The highest BCUT2D eigenvalue weighted by Crippen LogP contribution is 2.27. The van der Waals surface area contributed by atoms with E-state index in [-0.39, 0.29) is 12.3 Å². The van der Waals surface area contributed by atoms with Crippen molar-refractivity contribution >= 4 is 29.0 Å².